The average Bonchev–Trinajstić information content (AvgIpc) is 3.85. The Bertz CT molecular complexity index is 2450. The van der Waals surface area contributed by atoms with E-state index in [1.54, 1.807) is 0 Å². The molecule has 2 atom stereocenters. The highest BCUT2D eigenvalue weighted by molar-refractivity contribution is 6.13. The lowest BCUT2D eigenvalue weighted by atomic mass is 9.87. The van der Waals surface area contributed by atoms with Crippen LogP contribution >= 0.6 is 0 Å². The van der Waals surface area contributed by atoms with E-state index in [-0.39, 0.29) is 12.0 Å². The maximum atomic E-state index is 6.64. The van der Waals surface area contributed by atoms with Gasteiger partial charge in [-0.1, -0.05) is 121 Å². The maximum Gasteiger partial charge on any atom is 0.137 e. The molecule has 2 aliphatic carbocycles. The third-order valence-corrected chi connectivity index (χ3v) is 10.0. The Kier molecular flexibility index (Phi) is 5.76. The molecule has 0 saturated heterocycles. The van der Waals surface area contributed by atoms with Crippen molar-refractivity contribution in [3.63, 3.8) is 0 Å². The van der Waals surface area contributed by atoms with Crippen LogP contribution in [-0.2, 0) is 6.42 Å². The molecule has 0 bridgehead atoms. The van der Waals surface area contributed by atoms with Gasteiger partial charge in [0.2, 0.25) is 0 Å². The highest BCUT2D eigenvalue weighted by Crippen LogP contribution is 2.50. The second kappa shape index (κ2) is 10.3. The van der Waals surface area contributed by atoms with Gasteiger partial charge >= 0.3 is 0 Å². The average molecular weight is 603 g/mol. The fourth-order valence-corrected chi connectivity index (χ4v) is 7.88. The van der Waals surface area contributed by atoms with Crippen LogP contribution in [0, 0.1) is 0 Å². The molecule has 1 aliphatic heterocycles. The van der Waals surface area contributed by atoms with Crippen molar-refractivity contribution in [1.29, 1.82) is 0 Å². The molecule has 3 heteroatoms. The van der Waals surface area contributed by atoms with Gasteiger partial charge < -0.3 is 9.32 Å². The number of allylic oxidation sites excluding steroid dienone is 3. The van der Waals surface area contributed by atoms with Gasteiger partial charge in [0.25, 0.3) is 0 Å². The zero-order valence-corrected chi connectivity index (χ0v) is 25.7. The highest BCUT2D eigenvalue weighted by atomic mass is 16.3. The van der Waals surface area contributed by atoms with E-state index >= 15 is 0 Å². The molecule has 47 heavy (non-hydrogen) atoms. The van der Waals surface area contributed by atoms with Crippen molar-refractivity contribution in [3.05, 3.63) is 174 Å². The SMILES string of the molecule is C1=Cc2c(-c3ccccc3)cc(-c3cccc4oc5cc(N6c7ccccc7C7C=CC(c8ccccc8)=CC76)ccc5c34)nc2C1. The number of furan rings is 1. The second-order valence-electron chi connectivity index (χ2n) is 12.6. The summed E-state index contributed by atoms with van der Waals surface area (Å²) >= 11 is 0. The monoisotopic (exact) mass is 602 g/mol. The number of fused-ring (bicyclic) bond motifs is 7. The number of pyridine rings is 1. The van der Waals surface area contributed by atoms with E-state index in [2.05, 4.69) is 163 Å². The summed E-state index contributed by atoms with van der Waals surface area (Å²) in [5.74, 6) is 0.288. The molecule has 0 N–H and O–H groups in total. The lowest BCUT2D eigenvalue weighted by Gasteiger charge is -2.30. The number of benzene rings is 5. The number of hydrogen-bond acceptors (Lipinski definition) is 3. The first-order chi connectivity index (χ1) is 23.3. The van der Waals surface area contributed by atoms with Gasteiger partial charge in [-0.2, -0.15) is 0 Å². The summed E-state index contributed by atoms with van der Waals surface area (Å²) in [6.45, 7) is 0. The van der Waals surface area contributed by atoms with Gasteiger partial charge in [0.1, 0.15) is 11.2 Å². The quantitative estimate of drug-likeness (QED) is 0.201. The van der Waals surface area contributed by atoms with E-state index in [4.69, 9.17) is 9.40 Å². The zero-order chi connectivity index (χ0) is 30.9. The van der Waals surface area contributed by atoms with Crippen LogP contribution < -0.4 is 4.90 Å². The van der Waals surface area contributed by atoms with Gasteiger partial charge in [-0.05, 0) is 58.2 Å². The Hall–Kier alpha value is -5.93. The van der Waals surface area contributed by atoms with Crippen molar-refractivity contribution >= 4 is 45.0 Å². The van der Waals surface area contributed by atoms with Gasteiger partial charge in [0.05, 0.1) is 17.4 Å². The standard InChI is InChI=1S/C44H30N2O/c1-3-11-28(12-4-1)30-21-23-34-33-15-7-8-19-40(33)46(41(34)25-30)31-22-24-36-43(26-31)47-42-20-10-17-35(44(36)42)39-27-37(29-13-5-2-6-14-29)32-16-9-18-38(32)45-39/h1-17,19-27,34,41H,18H2. The van der Waals surface area contributed by atoms with Gasteiger partial charge in [0.15, 0.2) is 0 Å². The lowest BCUT2D eigenvalue weighted by molar-refractivity contribution is 0.668. The molecule has 3 nitrogen and oxygen atoms in total. The van der Waals surface area contributed by atoms with Crippen molar-refractivity contribution in [3.8, 4) is 22.4 Å². The molecular formula is C44H30N2O. The smallest absolute Gasteiger partial charge is 0.137 e. The van der Waals surface area contributed by atoms with E-state index in [0.717, 1.165) is 51.0 Å². The third kappa shape index (κ3) is 4.10. The normalized spacial score (nSPS) is 17.6. The fraction of sp³-hybridized carbons (Fsp3) is 0.0682. The van der Waals surface area contributed by atoms with Crippen LogP contribution in [-0.4, -0.2) is 11.0 Å². The molecule has 0 spiro atoms. The Morgan fingerprint density at radius 2 is 1.49 bits per heavy atom. The van der Waals surface area contributed by atoms with E-state index < -0.39 is 0 Å². The highest BCUT2D eigenvalue weighted by Gasteiger charge is 2.38. The minimum absolute atomic E-state index is 0.172. The van der Waals surface area contributed by atoms with Crippen LogP contribution in [0.5, 0.6) is 0 Å². The van der Waals surface area contributed by atoms with Crippen molar-refractivity contribution in [2.45, 2.75) is 18.4 Å². The van der Waals surface area contributed by atoms with Gasteiger partial charge in [-0.3, -0.25) is 4.98 Å². The molecule has 2 unspecified atom stereocenters. The molecule has 0 amide bonds. The van der Waals surface area contributed by atoms with Crippen molar-refractivity contribution < 1.29 is 4.42 Å². The van der Waals surface area contributed by atoms with E-state index in [0.29, 0.717) is 0 Å². The molecule has 0 radical (unpaired) electrons. The largest absolute Gasteiger partial charge is 0.456 e. The van der Waals surface area contributed by atoms with Crippen LogP contribution in [0.4, 0.5) is 11.4 Å². The third-order valence-electron chi connectivity index (χ3n) is 10.0. The Morgan fingerprint density at radius 3 is 2.36 bits per heavy atom. The molecule has 222 valence electrons. The topological polar surface area (TPSA) is 29.3 Å². The molecule has 3 aliphatic rings. The van der Waals surface area contributed by atoms with Crippen LogP contribution in [0.15, 0.2) is 156 Å². The maximum absolute atomic E-state index is 6.64. The molecule has 2 aromatic heterocycles. The number of aromatic nitrogens is 1. The Morgan fingerprint density at radius 1 is 0.681 bits per heavy atom. The van der Waals surface area contributed by atoms with Crippen LogP contribution in [0.2, 0.25) is 0 Å². The first-order valence-electron chi connectivity index (χ1n) is 16.4. The fourth-order valence-electron chi connectivity index (χ4n) is 7.88. The Labute approximate surface area is 273 Å². The number of hydrogen-bond donors (Lipinski definition) is 0. The van der Waals surface area contributed by atoms with E-state index in [9.17, 15) is 0 Å². The van der Waals surface area contributed by atoms with Gasteiger partial charge in [0, 0.05) is 51.7 Å². The minimum atomic E-state index is 0.172. The molecular weight excluding hydrogens is 572 g/mol. The molecule has 3 heterocycles. The summed E-state index contributed by atoms with van der Waals surface area (Å²) in [7, 11) is 0. The Balaban J connectivity index is 1.11. The molecule has 0 saturated carbocycles. The number of para-hydroxylation sites is 1. The summed E-state index contributed by atoms with van der Waals surface area (Å²) < 4.78 is 6.64. The lowest BCUT2D eigenvalue weighted by Crippen LogP contribution is -2.29. The van der Waals surface area contributed by atoms with Gasteiger partial charge in [-0.25, -0.2) is 0 Å². The predicted molar refractivity (Wildman–Crippen MR) is 194 cm³/mol. The summed E-state index contributed by atoms with van der Waals surface area (Å²) in [5.41, 5.74) is 14.8. The predicted octanol–water partition coefficient (Wildman–Crippen LogP) is 11.1. The van der Waals surface area contributed by atoms with Crippen LogP contribution in [0.25, 0.3) is 56.0 Å². The summed E-state index contributed by atoms with van der Waals surface area (Å²) in [5, 5.41) is 2.21. The number of nitrogens with zero attached hydrogens (tertiary/aromatic N) is 2. The van der Waals surface area contributed by atoms with Gasteiger partial charge in [-0.15, -0.1) is 0 Å². The van der Waals surface area contributed by atoms with Crippen LogP contribution in [0.3, 0.4) is 0 Å². The van der Waals surface area contributed by atoms with Crippen molar-refractivity contribution in [1.82, 2.24) is 4.98 Å². The summed E-state index contributed by atoms with van der Waals surface area (Å²) in [4.78, 5) is 7.69. The molecule has 5 aromatic carbocycles. The molecule has 0 fully saturated rings. The zero-order valence-electron chi connectivity index (χ0n) is 25.7. The minimum Gasteiger partial charge on any atom is -0.456 e. The number of anilines is 2. The molecule has 10 rings (SSSR count). The number of rotatable bonds is 4. The first-order valence-corrected chi connectivity index (χ1v) is 16.4. The summed E-state index contributed by atoms with van der Waals surface area (Å²) in [6.07, 6.45) is 12.4. The first kappa shape index (κ1) is 26.3. The van der Waals surface area contributed by atoms with Crippen molar-refractivity contribution in [2.75, 3.05) is 4.90 Å². The van der Waals surface area contributed by atoms with Crippen molar-refractivity contribution in [2.24, 2.45) is 0 Å². The van der Waals surface area contributed by atoms with E-state index in [1.165, 1.54) is 39.1 Å². The summed E-state index contributed by atoms with van der Waals surface area (Å²) in [6, 6.07) is 45.6. The van der Waals surface area contributed by atoms with Crippen LogP contribution in [0.1, 0.15) is 28.3 Å². The molecule has 7 aromatic rings. The second-order valence-corrected chi connectivity index (χ2v) is 12.6. The van der Waals surface area contributed by atoms with E-state index in [1.807, 2.05) is 0 Å².